The van der Waals surface area contributed by atoms with Gasteiger partial charge in [0, 0.05) is 11.1 Å². The monoisotopic (exact) mass is 682 g/mol. The molecule has 4 aliphatic rings. The second-order valence-corrected chi connectivity index (χ2v) is 13.7. The first-order valence-corrected chi connectivity index (χ1v) is 17.1. The van der Waals surface area contributed by atoms with Gasteiger partial charge in [0.2, 0.25) is 0 Å². The van der Waals surface area contributed by atoms with Crippen molar-refractivity contribution in [2.75, 3.05) is 0 Å². The molecular formula is C44H34N4O4. The van der Waals surface area contributed by atoms with Crippen LogP contribution in [0.3, 0.4) is 0 Å². The molecule has 2 aliphatic heterocycles. The zero-order valence-electron chi connectivity index (χ0n) is 29.7. The lowest BCUT2D eigenvalue weighted by Gasteiger charge is -2.24. The average Bonchev–Trinajstić information content (AvgIpc) is 3.09. The van der Waals surface area contributed by atoms with E-state index in [2.05, 4.69) is 0 Å². The summed E-state index contributed by atoms with van der Waals surface area (Å²) in [4.78, 5) is 69.3. The lowest BCUT2D eigenvalue weighted by atomic mass is 9.84. The SMILES string of the molecule is Cc1cc(C)c(-n2c(=O)c3cc(=Nc4ccccc4)c4c(=O)n(-c5c(C)cc(C)cc5C)c(=O)c5cc(=Nc6ccccc6)c(c2=O)=C3C=45)c(C)c1. The molecule has 0 saturated heterocycles. The van der Waals surface area contributed by atoms with Crippen LogP contribution in [0.2, 0.25) is 0 Å². The molecule has 0 saturated carbocycles. The van der Waals surface area contributed by atoms with E-state index in [1.54, 1.807) is 36.4 Å². The van der Waals surface area contributed by atoms with E-state index >= 15 is 0 Å². The minimum Gasteiger partial charge on any atom is -0.268 e. The molecule has 2 heterocycles. The van der Waals surface area contributed by atoms with Gasteiger partial charge in [-0.2, -0.15) is 0 Å². The van der Waals surface area contributed by atoms with Crippen molar-refractivity contribution < 1.29 is 0 Å². The van der Waals surface area contributed by atoms with Crippen LogP contribution in [0.25, 0.3) is 22.5 Å². The summed E-state index contributed by atoms with van der Waals surface area (Å²) >= 11 is 0. The Morgan fingerprint density at radius 3 is 1.08 bits per heavy atom. The molecule has 0 bridgehead atoms. The van der Waals surface area contributed by atoms with E-state index < -0.39 is 22.2 Å². The van der Waals surface area contributed by atoms with E-state index in [1.165, 1.54) is 9.13 Å². The Morgan fingerprint density at radius 1 is 0.423 bits per heavy atom. The quantitative estimate of drug-likeness (QED) is 0.284. The van der Waals surface area contributed by atoms with Gasteiger partial charge in [-0.05, 0) is 100 Å². The molecule has 4 aromatic rings. The van der Waals surface area contributed by atoms with Gasteiger partial charge in [-0.15, -0.1) is 0 Å². The predicted octanol–water partition coefficient (Wildman–Crippen LogP) is 4.19. The summed E-state index contributed by atoms with van der Waals surface area (Å²) < 4.78 is 2.41. The number of hydrogen-bond donors (Lipinski definition) is 0. The van der Waals surface area contributed by atoms with Crippen LogP contribution in [0.1, 0.15) is 44.5 Å². The molecule has 8 nitrogen and oxygen atoms in total. The van der Waals surface area contributed by atoms with Crippen molar-refractivity contribution in [3.05, 3.63) is 204 Å². The van der Waals surface area contributed by atoms with Crippen molar-refractivity contribution in [2.24, 2.45) is 9.98 Å². The number of aryl methyl sites for hydroxylation is 6. The number of hydrogen-bond acceptors (Lipinski definition) is 6. The van der Waals surface area contributed by atoms with Gasteiger partial charge >= 0.3 is 0 Å². The van der Waals surface area contributed by atoms with Crippen LogP contribution in [0, 0.1) is 41.5 Å². The van der Waals surface area contributed by atoms with Gasteiger partial charge in [-0.1, -0.05) is 71.8 Å². The third kappa shape index (κ3) is 4.98. The van der Waals surface area contributed by atoms with E-state index in [9.17, 15) is 19.2 Å². The van der Waals surface area contributed by atoms with E-state index in [0.717, 1.165) is 33.4 Å². The summed E-state index contributed by atoms with van der Waals surface area (Å²) in [5, 5.41) is 0.721. The molecule has 4 aromatic carbocycles. The molecule has 52 heavy (non-hydrogen) atoms. The Balaban J connectivity index is 1.70. The molecule has 0 aromatic heterocycles. The van der Waals surface area contributed by atoms with Gasteiger partial charge < -0.3 is 0 Å². The van der Waals surface area contributed by atoms with E-state index in [0.29, 0.717) is 22.7 Å². The van der Waals surface area contributed by atoms with Gasteiger partial charge in [0.05, 0.1) is 55.0 Å². The fraction of sp³-hybridized carbons (Fsp3) is 0.136. The highest BCUT2D eigenvalue weighted by Crippen LogP contribution is 2.27. The normalized spacial score (nSPS) is 13.3. The van der Waals surface area contributed by atoms with Crippen LogP contribution in [0.4, 0.5) is 11.4 Å². The van der Waals surface area contributed by atoms with Gasteiger partial charge in [0.15, 0.2) is 0 Å². The Labute approximate surface area is 298 Å². The molecule has 0 unspecified atom stereocenters. The second kappa shape index (κ2) is 12.1. The molecule has 0 amide bonds. The molecule has 0 fully saturated rings. The van der Waals surface area contributed by atoms with Crippen molar-refractivity contribution in [2.45, 2.75) is 41.5 Å². The average molecular weight is 683 g/mol. The van der Waals surface area contributed by atoms with Crippen molar-refractivity contribution in [3.63, 3.8) is 0 Å². The molecule has 0 radical (unpaired) electrons. The summed E-state index contributed by atoms with van der Waals surface area (Å²) in [6, 6.07) is 29.2. The summed E-state index contributed by atoms with van der Waals surface area (Å²) in [5.74, 6) is 0. The van der Waals surface area contributed by atoms with Crippen LogP contribution in [0.5, 0.6) is 0 Å². The number of para-hydroxylation sites is 2. The van der Waals surface area contributed by atoms with Crippen LogP contribution < -0.4 is 43.4 Å². The molecular weight excluding hydrogens is 649 g/mol. The standard InChI is InChI=1S/C44H34N4O4/c1-23-17-25(3)39(26(4)18-23)47-41(49)31-21-34(46-30-15-11-8-12-16-30)38-36-32(42(50)48(44(38)52)40-27(5)19-24(2)20-28(40)6)22-33(37(35(31)36)43(47)51)45-29-13-9-7-10-14-29/h7-22H,1-6H3. The third-order valence-corrected chi connectivity index (χ3v) is 9.79. The summed E-state index contributed by atoms with van der Waals surface area (Å²) in [7, 11) is 0. The summed E-state index contributed by atoms with van der Waals surface area (Å²) in [5.41, 5.74) is 5.57. The zero-order chi connectivity index (χ0) is 36.6. The maximum atomic E-state index is 14.9. The smallest absolute Gasteiger partial charge is 0.268 e. The third-order valence-electron chi connectivity index (χ3n) is 9.79. The number of rotatable bonds is 4. The Kier molecular flexibility index (Phi) is 7.57. The molecule has 2 aliphatic carbocycles. The van der Waals surface area contributed by atoms with Crippen LogP contribution >= 0.6 is 0 Å². The number of nitrogens with zero attached hydrogens (tertiary/aromatic N) is 4. The molecule has 8 rings (SSSR count). The number of benzene rings is 4. The molecule has 0 atom stereocenters. The highest BCUT2D eigenvalue weighted by Gasteiger charge is 2.33. The first kappa shape index (κ1) is 32.7. The first-order chi connectivity index (χ1) is 24.9. The van der Waals surface area contributed by atoms with Crippen molar-refractivity contribution in [1.29, 1.82) is 0 Å². The minimum atomic E-state index is -0.583. The van der Waals surface area contributed by atoms with E-state index in [1.807, 2.05) is 102 Å². The van der Waals surface area contributed by atoms with Crippen molar-refractivity contribution >= 4 is 22.5 Å². The van der Waals surface area contributed by atoms with Crippen LogP contribution in [-0.2, 0) is 0 Å². The summed E-state index contributed by atoms with van der Waals surface area (Å²) in [6.45, 7) is 11.4. The fourth-order valence-corrected chi connectivity index (χ4v) is 7.94. The largest absolute Gasteiger partial charge is 0.268 e. The van der Waals surface area contributed by atoms with Crippen LogP contribution in [-0.4, -0.2) is 9.13 Å². The highest BCUT2D eigenvalue weighted by atomic mass is 16.2. The Morgan fingerprint density at radius 2 is 0.750 bits per heavy atom. The molecule has 0 N–H and O–H groups in total. The molecule has 8 heteroatoms. The topological polar surface area (TPSA) is 103 Å². The fourth-order valence-electron chi connectivity index (χ4n) is 7.94. The van der Waals surface area contributed by atoms with E-state index in [-0.39, 0.29) is 43.4 Å². The lowest BCUT2D eigenvalue weighted by Crippen LogP contribution is -2.59. The maximum absolute atomic E-state index is 14.9. The van der Waals surface area contributed by atoms with Crippen molar-refractivity contribution in [3.8, 4) is 11.4 Å². The molecule has 254 valence electrons. The predicted molar refractivity (Wildman–Crippen MR) is 204 cm³/mol. The van der Waals surface area contributed by atoms with Gasteiger partial charge in [0.25, 0.3) is 22.2 Å². The van der Waals surface area contributed by atoms with Crippen LogP contribution in [0.15, 0.2) is 126 Å². The number of aromatic nitrogens is 2. The Hall–Kier alpha value is -6.54. The maximum Gasteiger partial charge on any atom is 0.268 e. The zero-order valence-corrected chi connectivity index (χ0v) is 29.7. The minimum absolute atomic E-state index is 0.140. The van der Waals surface area contributed by atoms with Gasteiger partial charge in [-0.25, -0.2) is 19.1 Å². The van der Waals surface area contributed by atoms with Crippen molar-refractivity contribution in [1.82, 2.24) is 9.13 Å². The summed E-state index contributed by atoms with van der Waals surface area (Å²) in [6.07, 6.45) is 0. The highest BCUT2D eigenvalue weighted by molar-refractivity contribution is 6.06. The van der Waals surface area contributed by atoms with Gasteiger partial charge in [0.1, 0.15) is 0 Å². The van der Waals surface area contributed by atoms with Gasteiger partial charge in [-0.3, -0.25) is 19.2 Å². The molecule has 0 spiro atoms. The van der Waals surface area contributed by atoms with E-state index in [4.69, 9.17) is 9.98 Å². The first-order valence-electron chi connectivity index (χ1n) is 17.1. The Bertz CT molecular complexity index is 2830. The second-order valence-electron chi connectivity index (χ2n) is 13.7. The lowest BCUT2D eigenvalue weighted by molar-refractivity contribution is 0.879.